The number of rotatable bonds is 4. The van der Waals surface area contributed by atoms with Crippen molar-refractivity contribution in [1.29, 1.82) is 0 Å². The summed E-state index contributed by atoms with van der Waals surface area (Å²) in [5, 5.41) is 29.7. The molecule has 186 valence electrons. The fourth-order valence-electron chi connectivity index (χ4n) is 5.57. The largest absolute Gasteiger partial charge is 0.483 e. The van der Waals surface area contributed by atoms with E-state index < -0.39 is 0 Å². The van der Waals surface area contributed by atoms with Gasteiger partial charge in [-0.2, -0.15) is 5.10 Å². The maximum atomic E-state index is 10.7. The molecular formula is C24H33ClN4O5. The monoisotopic (exact) mass is 492 g/mol. The summed E-state index contributed by atoms with van der Waals surface area (Å²) >= 11 is 6.30. The van der Waals surface area contributed by atoms with E-state index in [-0.39, 0.29) is 19.0 Å². The summed E-state index contributed by atoms with van der Waals surface area (Å²) in [5.41, 5.74) is 2.14. The summed E-state index contributed by atoms with van der Waals surface area (Å²) in [6.07, 6.45) is 8.58. The number of halogens is 1. The second kappa shape index (κ2) is 12.9. The summed E-state index contributed by atoms with van der Waals surface area (Å²) in [6, 6.07) is 8.18. The first-order valence-electron chi connectivity index (χ1n) is 11.6. The highest BCUT2D eigenvalue weighted by Crippen LogP contribution is 2.39. The van der Waals surface area contributed by atoms with Crippen LogP contribution in [0.2, 0.25) is 5.02 Å². The maximum absolute atomic E-state index is 10.7. The van der Waals surface area contributed by atoms with Gasteiger partial charge in [-0.15, -0.1) is 0 Å². The van der Waals surface area contributed by atoms with E-state index in [1.807, 2.05) is 35.1 Å². The molecule has 0 spiro atoms. The van der Waals surface area contributed by atoms with Crippen LogP contribution in [0.3, 0.4) is 0 Å². The summed E-state index contributed by atoms with van der Waals surface area (Å²) in [5.74, 6) is 1.35. The smallest absolute Gasteiger partial charge is 0.290 e. The predicted molar refractivity (Wildman–Crippen MR) is 128 cm³/mol. The van der Waals surface area contributed by atoms with Gasteiger partial charge in [-0.1, -0.05) is 23.7 Å². The number of likely N-dealkylation sites (tertiary alicyclic amines) is 2. The zero-order chi connectivity index (χ0) is 24.5. The standard InChI is InChI=1S/C22H29ClN4O.2CH2O2/c23-19-5-1-2-6-20(19)27-13-16(11-24-27)12-25-14-17-9-21(26-7-3-4-8-26)22(28)10-18(17)15-25;2*2-1-3/h1-2,5-6,11,13,17-18,21-22,28H,3-4,7-10,12,14-15H2;2*1H,(H,2,3)/t17-,18+,21-,22-;;/m1../s1. The van der Waals surface area contributed by atoms with Gasteiger partial charge in [0.25, 0.3) is 12.9 Å². The molecule has 0 radical (unpaired) electrons. The number of benzene rings is 1. The highest BCUT2D eigenvalue weighted by Gasteiger charge is 2.43. The number of fused-ring (bicyclic) bond motifs is 1. The Kier molecular flexibility index (Phi) is 9.88. The number of para-hydroxylation sites is 1. The van der Waals surface area contributed by atoms with Gasteiger partial charge < -0.3 is 15.3 Å². The number of aliphatic hydroxyl groups excluding tert-OH is 1. The van der Waals surface area contributed by atoms with Crippen LogP contribution in [-0.4, -0.2) is 86.2 Å². The topological polar surface area (TPSA) is 119 Å². The minimum atomic E-state index is -0.250. The van der Waals surface area contributed by atoms with E-state index in [2.05, 4.69) is 21.1 Å². The Morgan fingerprint density at radius 1 is 1.03 bits per heavy atom. The summed E-state index contributed by atoms with van der Waals surface area (Å²) in [6.45, 7) is 4.99. The minimum Gasteiger partial charge on any atom is -0.483 e. The Balaban J connectivity index is 0.000000492. The molecule has 4 atom stereocenters. The average Bonchev–Trinajstić information content (AvgIpc) is 3.56. The number of aromatic nitrogens is 2. The van der Waals surface area contributed by atoms with Crippen molar-refractivity contribution in [1.82, 2.24) is 19.6 Å². The highest BCUT2D eigenvalue weighted by molar-refractivity contribution is 6.32. The number of hydrogen-bond acceptors (Lipinski definition) is 6. The van der Waals surface area contributed by atoms with Gasteiger partial charge in [0.15, 0.2) is 0 Å². The minimum absolute atomic E-state index is 0.151. The van der Waals surface area contributed by atoms with Crippen LogP contribution in [0.5, 0.6) is 0 Å². The molecule has 3 aliphatic rings. The van der Waals surface area contributed by atoms with E-state index in [4.69, 9.17) is 31.4 Å². The lowest BCUT2D eigenvalue weighted by atomic mass is 9.77. The van der Waals surface area contributed by atoms with Crippen LogP contribution in [0.4, 0.5) is 0 Å². The van der Waals surface area contributed by atoms with Crippen molar-refractivity contribution in [2.24, 2.45) is 11.8 Å². The third kappa shape index (κ3) is 6.56. The molecule has 1 saturated carbocycles. The van der Waals surface area contributed by atoms with E-state index in [0.29, 0.717) is 22.9 Å². The predicted octanol–water partition coefficient (Wildman–Crippen LogP) is 2.59. The van der Waals surface area contributed by atoms with Crippen molar-refractivity contribution in [3.05, 3.63) is 47.2 Å². The number of hydrogen-bond donors (Lipinski definition) is 3. The van der Waals surface area contributed by atoms with E-state index in [9.17, 15) is 5.11 Å². The van der Waals surface area contributed by atoms with Crippen molar-refractivity contribution >= 4 is 24.5 Å². The maximum Gasteiger partial charge on any atom is 0.290 e. The molecule has 5 rings (SSSR count). The lowest BCUT2D eigenvalue weighted by Crippen LogP contribution is -2.48. The number of nitrogens with zero attached hydrogens (tertiary/aromatic N) is 4. The second-order valence-corrected chi connectivity index (χ2v) is 9.43. The Morgan fingerprint density at radius 3 is 2.29 bits per heavy atom. The lowest BCUT2D eigenvalue weighted by Gasteiger charge is -2.40. The molecule has 0 bridgehead atoms. The van der Waals surface area contributed by atoms with Gasteiger partial charge in [0.05, 0.1) is 23.0 Å². The van der Waals surface area contributed by atoms with E-state index >= 15 is 0 Å². The quantitative estimate of drug-likeness (QED) is 0.557. The van der Waals surface area contributed by atoms with Crippen molar-refractivity contribution in [2.45, 2.75) is 44.4 Å². The number of carbonyl (C=O) groups is 2. The first-order valence-corrected chi connectivity index (χ1v) is 12.0. The van der Waals surface area contributed by atoms with Gasteiger partial charge in [0.1, 0.15) is 0 Å². The molecule has 2 saturated heterocycles. The molecule has 34 heavy (non-hydrogen) atoms. The Labute approximate surface area is 204 Å². The SMILES string of the molecule is O=CO.O=CO.O[C@@H]1C[C@H]2CN(Cc3cnn(-c4ccccc4Cl)c3)C[C@H]2C[C@H]1N1CCCC1. The Hall–Kier alpha value is -2.46. The Bertz CT molecular complexity index is 914. The molecule has 2 aliphatic heterocycles. The molecule has 10 heteroatoms. The van der Waals surface area contributed by atoms with Crippen LogP contribution in [0, 0.1) is 11.8 Å². The van der Waals surface area contributed by atoms with Gasteiger partial charge in [-0.3, -0.25) is 19.4 Å². The number of aliphatic hydroxyl groups is 1. The molecule has 3 heterocycles. The number of carboxylic acid groups (broad SMARTS) is 2. The van der Waals surface area contributed by atoms with Gasteiger partial charge >= 0.3 is 0 Å². The first-order chi connectivity index (χ1) is 16.5. The summed E-state index contributed by atoms with van der Waals surface area (Å²) in [7, 11) is 0. The van der Waals surface area contributed by atoms with Gasteiger partial charge in [0.2, 0.25) is 0 Å². The van der Waals surface area contributed by atoms with Crippen molar-refractivity contribution in [3.63, 3.8) is 0 Å². The molecule has 0 amide bonds. The van der Waals surface area contributed by atoms with Crippen molar-refractivity contribution in [2.75, 3.05) is 26.2 Å². The molecule has 1 aromatic heterocycles. The molecule has 0 unspecified atom stereocenters. The average molecular weight is 493 g/mol. The van der Waals surface area contributed by atoms with Crippen molar-refractivity contribution in [3.8, 4) is 5.69 Å². The third-order valence-corrected chi connectivity index (χ3v) is 7.26. The summed E-state index contributed by atoms with van der Waals surface area (Å²) in [4.78, 5) is 21.8. The van der Waals surface area contributed by atoms with E-state index in [1.165, 1.54) is 31.5 Å². The molecular weight excluding hydrogens is 460 g/mol. The normalized spacial score (nSPS) is 26.5. The fourth-order valence-corrected chi connectivity index (χ4v) is 5.79. The molecule has 2 aromatic rings. The van der Waals surface area contributed by atoms with E-state index in [0.717, 1.165) is 38.2 Å². The lowest BCUT2D eigenvalue weighted by molar-refractivity contribution is -0.123. The van der Waals surface area contributed by atoms with Crippen LogP contribution < -0.4 is 0 Å². The molecule has 9 nitrogen and oxygen atoms in total. The van der Waals surface area contributed by atoms with Crippen LogP contribution in [0.25, 0.3) is 5.69 Å². The van der Waals surface area contributed by atoms with Gasteiger partial charge in [-0.25, -0.2) is 4.68 Å². The van der Waals surface area contributed by atoms with Gasteiger partial charge in [-0.05, 0) is 62.7 Å². The zero-order valence-electron chi connectivity index (χ0n) is 19.1. The first kappa shape index (κ1) is 26.2. The van der Waals surface area contributed by atoms with E-state index in [1.54, 1.807) is 0 Å². The molecule has 3 N–H and O–H groups in total. The highest BCUT2D eigenvalue weighted by atomic mass is 35.5. The molecule has 1 aliphatic carbocycles. The summed E-state index contributed by atoms with van der Waals surface area (Å²) < 4.78 is 1.87. The molecule has 3 fully saturated rings. The fraction of sp³-hybridized carbons (Fsp3) is 0.542. The Morgan fingerprint density at radius 2 is 1.65 bits per heavy atom. The van der Waals surface area contributed by atoms with Crippen LogP contribution in [0.1, 0.15) is 31.2 Å². The van der Waals surface area contributed by atoms with Crippen molar-refractivity contribution < 1.29 is 24.9 Å². The third-order valence-electron chi connectivity index (χ3n) is 6.94. The van der Waals surface area contributed by atoms with Crippen LogP contribution in [0.15, 0.2) is 36.7 Å². The van der Waals surface area contributed by atoms with Gasteiger partial charge in [0, 0.05) is 37.4 Å². The van der Waals surface area contributed by atoms with Crippen LogP contribution >= 0.6 is 11.6 Å². The zero-order valence-corrected chi connectivity index (χ0v) is 19.9. The second-order valence-electron chi connectivity index (χ2n) is 9.02. The molecule has 1 aromatic carbocycles. The van der Waals surface area contributed by atoms with Crippen LogP contribution in [-0.2, 0) is 16.1 Å².